The second kappa shape index (κ2) is 7.44. The number of methoxy groups -OCH3 is 1. The van der Waals surface area contributed by atoms with Gasteiger partial charge in [-0.15, -0.1) is 0 Å². The number of aromatic nitrogens is 1. The van der Waals surface area contributed by atoms with Gasteiger partial charge in [0.2, 0.25) is 5.91 Å². The third-order valence-corrected chi connectivity index (χ3v) is 3.99. The first-order chi connectivity index (χ1) is 10.7. The summed E-state index contributed by atoms with van der Waals surface area (Å²) in [6, 6.07) is 0. The monoisotopic (exact) mass is 322 g/mol. The summed E-state index contributed by atoms with van der Waals surface area (Å²) in [6.45, 7) is 9.59. The molecule has 6 nitrogen and oxygen atoms in total. The maximum absolute atomic E-state index is 12.7. The molecule has 0 unspecified atom stereocenters. The Hall–Kier alpha value is -2.11. The second-order valence-electron chi connectivity index (χ2n) is 5.94. The van der Waals surface area contributed by atoms with Gasteiger partial charge in [-0.3, -0.25) is 9.59 Å². The summed E-state index contributed by atoms with van der Waals surface area (Å²) in [7, 11) is 2.93. The van der Waals surface area contributed by atoms with Crippen LogP contribution in [0.25, 0.3) is 0 Å². The van der Waals surface area contributed by atoms with Crippen molar-refractivity contribution >= 4 is 17.7 Å². The molecule has 0 N–H and O–H groups in total. The molecule has 1 aromatic rings. The normalized spacial score (nSPS) is 10.8. The summed E-state index contributed by atoms with van der Waals surface area (Å²) in [5.74, 6) is -0.885. The van der Waals surface area contributed by atoms with E-state index in [4.69, 9.17) is 4.74 Å². The van der Waals surface area contributed by atoms with Crippen LogP contribution in [0.1, 0.15) is 52.9 Å². The molecule has 0 saturated heterocycles. The summed E-state index contributed by atoms with van der Waals surface area (Å²) in [6.07, 6.45) is 0. The Morgan fingerprint density at radius 3 is 2.22 bits per heavy atom. The van der Waals surface area contributed by atoms with Crippen LogP contribution in [-0.2, 0) is 16.1 Å². The molecule has 23 heavy (non-hydrogen) atoms. The zero-order chi connectivity index (χ0) is 17.9. The van der Waals surface area contributed by atoms with E-state index in [1.165, 1.54) is 12.0 Å². The van der Waals surface area contributed by atoms with Gasteiger partial charge in [0.25, 0.3) is 0 Å². The van der Waals surface area contributed by atoms with Crippen molar-refractivity contribution in [3.05, 3.63) is 22.5 Å². The van der Waals surface area contributed by atoms with Gasteiger partial charge < -0.3 is 14.2 Å². The van der Waals surface area contributed by atoms with Crippen molar-refractivity contribution in [1.82, 2.24) is 9.47 Å². The number of nitrogens with zero attached hydrogens (tertiary/aromatic N) is 2. The van der Waals surface area contributed by atoms with Crippen LogP contribution in [0.3, 0.4) is 0 Å². The number of amides is 1. The van der Waals surface area contributed by atoms with E-state index in [1.54, 1.807) is 39.3 Å². The molecule has 0 fully saturated rings. The standard InChI is InChI=1S/C17H26N2O4/c1-8-19-12(5)14(11(4)15(19)17(22)23-7)13(20)9-18(6)16(21)10(2)3/h10H,8-9H2,1-7H3. The Morgan fingerprint density at radius 2 is 1.78 bits per heavy atom. The fourth-order valence-electron chi connectivity index (χ4n) is 2.87. The quantitative estimate of drug-likeness (QED) is 0.595. The van der Waals surface area contributed by atoms with Crippen molar-refractivity contribution in [1.29, 1.82) is 0 Å². The second-order valence-corrected chi connectivity index (χ2v) is 5.94. The third kappa shape index (κ3) is 3.63. The number of hydrogen-bond acceptors (Lipinski definition) is 4. The lowest BCUT2D eigenvalue weighted by Gasteiger charge is -2.18. The van der Waals surface area contributed by atoms with Crippen LogP contribution in [0, 0.1) is 19.8 Å². The molecule has 128 valence electrons. The van der Waals surface area contributed by atoms with Gasteiger partial charge in [-0.05, 0) is 26.3 Å². The molecule has 0 saturated carbocycles. The van der Waals surface area contributed by atoms with Crippen molar-refractivity contribution < 1.29 is 19.1 Å². The van der Waals surface area contributed by atoms with E-state index in [2.05, 4.69) is 0 Å². The highest BCUT2D eigenvalue weighted by Crippen LogP contribution is 2.24. The van der Waals surface area contributed by atoms with E-state index in [0.29, 0.717) is 23.4 Å². The molecule has 0 aliphatic rings. The Kier molecular flexibility index (Phi) is 6.12. The molecular formula is C17H26N2O4. The topological polar surface area (TPSA) is 68.6 Å². The first kappa shape index (κ1) is 18.9. The SMILES string of the molecule is CCn1c(C)c(C(=O)CN(C)C(=O)C(C)C)c(C)c1C(=O)OC. The Bertz CT molecular complexity index is 629. The number of ether oxygens (including phenoxy) is 1. The van der Waals surface area contributed by atoms with E-state index in [9.17, 15) is 14.4 Å². The molecule has 0 aromatic carbocycles. The lowest BCUT2D eigenvalue weighted by molar-refractivity contribution is -0.132. The highest BCUT2D eigenvalue weighted by molar-refractivity contribution is 6.04. The fraction of sp³-hybridized carbons (Fsp3) is 0.588. The van der Waals surface area contributed by atoms with E-state index in [0.717, 1.165) is 5.69 Å². The molecule has 1 heterocycles. The van der Waals surface area contributed by atoms with Gasteiger partial charge in [0.05, 0.1) is 13.7 Å². The maximum atomic E-state index is 12.7. The summed E-state index contributed by atoms with van der Waals surface area (Å²) >= 11 is 0. The molecule has 0 spiro atoms. The Labute approximate surface area is 137 Å². The average Bonchev–Trinajstić information content (AvgIpc) is 2.75. The van der Waals surface area contributed by atoms with Gasteiger partial charge in [-0.2, -0.15) is 0 Å². The average molecular weight is 322 g/mol. The molecule has 0 atom stereocenters. The lowest BCUT2D eigenvalue weighted by atomic mass is 10.0. The number of carbonyl (C=O) groups excluding carboxylic acids is 3. The van der Waals surface area contributed by atoms with Crippen molar-refractivity contribution in [2.24, 2.45) is 5.92 Å². The molecule has 0 aliphatic heterocycles. The zero-order valence-corrected chi connectivity index (χ0v) is 15.0. The molecule has 1 rings (SSSR count). The molecule has 1 aromatic heterocycles. The lowest BCUT2D eigenvalue weighted by Crippen LogP contribution is -2.35. The molecule has 1 amide bonds. The minimum atomic E-state index is -0.460. The largest absolute Gasteiger partial charge is 0.464 e. The highest BCUT2D eigenvalue weighted by Gasteiger charge is 2.27. The number of Topliss-reactive ketones (excluding diaryl/α,β-unsaturated/α-hetero) is 1. The molecule has 0 radical (unpaired) electrons. The number of hydrogen-bond donors (Lipinski definition) is 0. The predicted molar refractivity (Wildman–Crippen MR) is 87.7 cm³/mol. The van der Waals surface area contributed by atoms with Gasteiger partial charge in [0, 0.05) is 30.8 Å². The smallest absolute Gasteiger partial charge is 0.354 e. The van der Waals surface area contributed by atoms with Gasteiger partial charge >= 0.3 is 5.97 Å². The highest BCUT2D eigenvalue weighted by atomic mass is 16.5. The minimum absolute atomic E-state index is 0.00691. The fourth-order valence-corrected chi connectivity index (χ4v) is 2.87. The first-order valence-electron chi connectivity index (χ1n) is 7.73. The van der Waals surface area contributed by atoms with Gasteiger partial charge in [-0.1, -0.05) is 13.8 Å². The molecule has 0 aliphatic carbocycles. The van der Waals surface area contributed by atoms with Crippen LogP contribution in [0.2, 0.25) is 0 Å². The molecule has 0 bridgehead atoms. The van der Waals surface area contributed by atoms with Crippen molar-refractivity contribution in [3.8, 4) is 0 Å². The number of likely N-dealkylation sites (N-methyl/N-ethyl adjacent to an activating group) is 1. The van der Waals surface area contributed by atoms with Crippen LogP contribution >= 0.6 is 0 Å². The summed E-state index contributed by atoms with van der Waals surface area (Å²) in [5.41, 5.74) is 2.22. The van der Waals surface area contributed by atoms with E-state index in [-0.39, 0.29) is 24.2 Å². The summed E-state index contributed by atoms with van der Waals surface area (Å²) in [5, 5.41) is 0. The number of carbonyl (C=O) groups is 3. The Balaban J connectivity index is 3.23. The van der Waals surface area contributed by atoms with E-state index in [1.807, 2.05) is 6.92 Å². The number of esters is 1. The zero-order valence-electron chi connectivity index (χ0n) is 15.0. The summed E-state index contributed by atoms with van der Waals surface area (Å²) < 4.78 is 6.60. The van der Waals surface area contributed by atoms with Gasteiger partial charge in [-0.25, -0.2) is 4.79 Å². The van der Waals surface area contributed by atoms with Crippen LogP contribution in [0.5, 0.6) is 0 Å². The van der Waals surface area contributed by atoms with Crippen molar-refractivity contribution in [2.75, 3.05) is 20.7 Å². The summed E-state index contributed by atoms with van der Waals surface area (Å²) in [4.78, 5) is 38.0. The van der Waals surface area contributed by atoms with Crippen LogP contribution in [0.15, 0.2) is 0 Å². The number of ketones is 1. The van der Waals surface area contributed by atoms with Gasteiger partial charge in [0.15, 0.2) is 5.78 Å². The van der Waals surface area contributed by atoms with Gasteiger partial charge in [0.1, 0.15) is 5.69 Å². The maximum Gasteiger partial charge on any atom is 0.354 e. The van der Waals surface area contributed by atoms with Crippen LogP contribution in [-0.4, -0.2) is 47.8 Å². The first-order valence-corrected chi connectivity index (χ1v) is 7.73. The van der Waals surface area contributed by atoms with Crippen molar-refractivity contribution in [3.63, 3.8) is 0 Å². The van der Waals surface area contributed by atoms with Crippen LogP contribution in [0.4, 0.5) is 0 Å². The molecule has 6 heteroatoms. The predicted octanol–water partition coefficient (Wildman–Crippen LogP) is 2.21. The number of rotatable bonds is 6. The van der Waals surface area contributed by atoms with E-state index >= 15 is 0 Å². The Morgan fingerprint density at radius 1 is 1.22 bits per heavy atom. The van der Waals surface area contributed by atoms with E-state index < -0.39 is 5.97 Å². The molecular weight excluding hydrogens is 296 g/mol. The van der Waals surface area contributed by atoms with Crippen LogP contribution < -0.4 is 0 Å². The van der Waals surface area contributed by atoms with Crippen molar-refractivity contribution in [2.45, 2.75) is 41.2 Å². The third-order valence-electron chi connectivity index (χ3n) is 3.99. The minimum Gasteiger partial charge on any atom is -0.464 e.